The molecule has 0 aliphatic carbocycles. The minimum atomic E-state index is 0.717. The molecule has 0 spiro atoms. The van der Waals surface area contributed by atoms with E-state index in [1.807, 2.05) is 0 Å². The van der Waals surface area contributed by atoms with Crippen LogP contribution in [0.1, 0.15) is 46.5 Å². The molecule has 0 radical (unpaired) electrons. The summed E-state index contributed by atoms with van der Waals surface area (Å²) in [5.41, 5.74) is 0. The molecule has 2 rings (SSSR count). The summed E-state index contributed by atoms with van der Waals surface area (Å²) >= 11 is 0. The van der Waals surface area contributed by atoms with Crippen molar-refractivity contribution in [3.63, 3.8) is 0 Å². The van der Waals surface area contributed by atoms with Gasteiger partial charge in [0, 0.05) is 31.7 Å². The highest BCUT2D eigenvalue weighted by molar-refractivity contribution is 4.92. The van der Waals surface area contributed by atoms with Crippen molar-refractivity contribution in [1.29, 1.82) is 0 Å². The molecule has 0 bridgehead atoms. The van der Waals surface area contributed by atoms with Crippen LogP contribution in [0.2, 0.25) is 0 Å². The van der Waals surface area contributed by atoms with E-state index in [0.29, 0.717) is 0 Å². The molecule has 2 aliphatic heterocycles. The highest BCUT2D eigenvalue weighted by Crippen LogP contribution is 2.31. The van der Waals surface area contributed by atoms with Crippen LogP contribution in [0.5, 0.6) is 0 Å². The first-order chi connectivity index (χ1) is 9.63. The maximum Gasteiger partial charge on any atom is 0.0243 e. The minimum Gasteiger partial charge on any atom is -0.315 e. The lowest BCUT2D eigenvalue weighted by Gasteiger charge is -2.48. The van der Waals surface area contributed by atoms with E-state index in [2.05, 4.69) is 42.9 Å². The van der Waals surface area contributed by atoms with Crippen molar-refractivity contribution in [2.24, 2.45) is 11.8 Å². The topological polar surface area (TPSA) is 18.5 Å². The van der Waals surface area contributed by atoms with Gasteiger partial charge in [0.15, 0.2) is 0 Å². The van der Waals surface area contributed by atoms with Crippen molar-refractivity contribution in [1.82, 2.24) is 15.1 Å². The number of likely N-dealkylation sites (tertiary alicyclic amines) is 2. The zero-order valence-electron chi connectivity index (χ0n) is 14.1. The summed E-state index contributed by atoms with van der Waals surface area (Å²) in [7, 11) is 2.33. The summed E-state index contributed by atoms with van der Waals surface area (Å²) in [4.78, 5) is 5.40. The predicted molar refractivity (Wildman–Crippen MR) is 87.1 cm³/mol. The summed E-state index contributed by atoms with van der Waals surface area (Å²) in [6, 6.07) is 1.58. The fourth-order valence-corrected chi connectivity index (χ4v) is 4.20. The van der Waals surface area contributed by atoms with E-state index in [9.17, 15) is 0 Å². The SMILES string of the molecule is CCCNCC(C(C)C)N1CCC2C(CCCN2C)C1. The number of piperidine rings is 2. The lowest BCUT2D eigenvalue weighted by atomic mass is 9.83. The van der Waals surface area contributed by atoms with Gasteiger partial charge >= 0.3 is 0 Å². The molecule has 0 saturated carbocycles. The predicted octanol–water partition coefficient (Wildman–Crippen LogP) is 2.43. The second-order valence-corrected chi connectivity index (χ2v) is 7.25. The smallest absolute Gasteiger partial charge is 0.0243 e. The Labute approximate surface area is 126 Å². The number of hydrogen-bond donors (Lipinski definition) is 1. The Kier molecular flexibility index (Phi) is 6.31. The van der Waals surface area contributed by atoms with E-state index in [-0.39, 0.29) is 0 Å². The molecule has 2 fully saturated rings. The van der Waals surface area contributed by atoms with Gasteiger partial charge in [-0.15, -0.1) is 0 Å². The van der Waals surface area contributed by atoms with Gasteiger partial charge in [0.2, 0.25) is 0 Å². The van der Waals surface area contributed by atoms with Crippen LogP contribution in [0.15, 0.2) is 0 Å². The molecule has 20 heavy (non-hydrogen) atoms. The molecule has 3 unspecified atom stereocenters. The summed E-state index contributed by atoms with van der Waals surface area (Å²) in [5.74, 6) is 1.66. The van der Waals surface area contributed by atoms with Crippen LogP contribution in [-0.2, 0) is 0 Å². The summed E-state index contributed by atoms with van der Waals surface area (Å²) in [6.07, 6.45) is 5.45. The lowest BCUT2D eigenvalue weighted by molar-refractivity contribution is 0.0107. The Hall–Kier alpha value is -0.120. The highest BCUT2D eigenvalue weighted by Gasteiger charge is 2.36. The van der Waals surface area contributed by atoms with Crippen molar-refractivity contribution in [3.05, 3.63) is 0 Å². The summed E-state index contributed by atoms with van der Waals surface area (Å²) in [6.45, 7) is 13.3. The van der Waals surface area contributed by atoms with Crippen LogP contribution in [0.25, 0.3) is 0 Å². The van der Waals surface area contributed by atoms with Gasteiger partial charge in [-0.2, -0.15) is 0 Å². The van der Waals surface area contributed by atoms with Gasteiger partial charge in [-0.05, 0) is 57.7 Å². The Morgan fingerprint density at radius 3 is 2.70 bits per heavy atom. The average Bonchev–Trinajstić information content (AvgIpc) is 2.43. The summed E-state index contributed by atoms with van der Waals surface area (Å²) in [5, 5.41) is 3.64. The number of hydrogen-bond acceptors (Lipinski definition) is 3. The zero-order valence-corrected chi connectivity index (χ0v) is 14.1. The molecule has 3 atom stereocenters. The molecular formula is C17H35N3. The second-order valence-electron chi connectivity index (χ2n) is 7.25. The fraction of sp³-hybridized carbons (Fsp3) is 1.00. The highest BCUT2D eigenvalue weighted by atomic mass is 15.2. The Morgan fingerprint density at radius 1 is 1.20 bits per heavy atom. The zero-order chi connectivity index (χ0) is 14.5. The number of rotatable bonds is 6. The molecule has 0 amide bonds. The van der Waals surface area contributed by atoms with E-state index in [0.717, 1.165) is 30.5 Å². The van der Waals surface area contributed by atoms with Crippen molar-refractivity contribution in [3.8, 4) is 0 Å². The Balaban J connectivity index is 1.90. The van der Waals surface area contributed by atoms with E-state index in [1.165, 1.54) is 51.9 Å². The normalized spacial score (nSPS) is 30.4. The molecular weight excluding hydrogens is 246 g/mol. The maximum atomic E-state index is 3.64. The number of nitrogens with zero attached hydrogens (tertiary/aromatic N) is 2. The third kappa shape index (κ3) is 3.96. The van der Waals surface area contributed by atoms with E-state index < -0.39 is 0 Å². The largest absolute Gasteiger partial charge is 0.315 e. The van der Waals surface area contributed by atoms with Crippen LogP contribution in [0.3, 0.4) is 0 Å². The molecule has 118 valence electrons. The van der Waals surface area contributed by atoms with Crippen molar-refractivity contribution in [2.45, 2.75) is 58.5 Å². The standard InChI is InChI=1S/C17H35N3/c1-5-9-18-12-17(14(2)3)20-11-8-16-15(13-20)7-6-10-19(16)4/h14-18H,5-13H2,1-4H3. The van der Waals surface area contributed by atoms with E-state index in [1.54, 1.807) is 0 Å². The number of fused-ring (bicyclic) bond motifs is 1. The average molecular weight is 281 g/mol. The van der Waals surface area contributed by atoms with E-state index >= 15 is 0 Å². The molecule has 2 aliphatic rings. The molecule has 3 nitrogen and oxygen atoms in total. The van der Waals surface area contributed by atoms with Gasteiger partial charge in [-0.1, -0.05) is 20.8 Å². The fourth-order valence-electron chi connectivity index (χ4n) is 4.20. The third-order valence-corrected chi connectivity index (χ3v) is 5.40. The van der Waals surface area contributed by atoms with Gasteiger partial charge in [-0.3, -0.25) is 4.90 Å². The lowest BCUT2D eigenvalue weighted by Crippen LogP contribution is -2.57. The minimum absolute atomic E-state index is 0.717. The van der Waals surface area contributed by atoms with Crippen molar-refractivity contribution < 1.29 is 0 Å². The van der Waals surface area contributed by atoms with Gasteiger partial charge in [0.05, 0.1) is 0 Å². The number of nitrogens with one attached hydrogen (secondary N) is 1. The second kappa shape index (κ2) is 7.77. The van der Waals surface area contributed by atoms with Gasteiger partial charge in [0.1, 0.15) is 0 Å². The summed E-state index contributed by atoms with van der Waals surface area (Å²) < 4.78 is 0. The Bertz CT molecular complexity index is 279. The third-order valence-electron chi connectivity index (χ3n) is 5.40. The quantitative estimate of drug-likeness (QED) is 0.754. The molecule has 2 saturated heterocycles. The van der Waals surface area contributed by atoms with Gasteiger partial charge in [-0.25, -0.2) is 0 Å². The van der Waals surface area contributed by atoms with Crippen LogP contribution in [0, 0.1) is 11.8 Å². The molecule has 0 aromatic rings. The van der Waals surface area contributed by atoms with Crippen LogP contribution >= 0.6 is 0 Å². The monoisotopic (exact) mass is 281 g/mol. The maximum absolute atomic E-state index is 3.64. The van der Waals surface area contributed by atoms with E-state index in [4.69, 9.17) is 0 Å². The first kappa shape index (κ1) is 16.3. The first-order valence-corrected chi connectivity index (χ1v) is 8.78. The molecule has 3 heteroatoms. The molecule has 1 N–H and O–H groups in total. The molecule has 0 aromatic carbocycles. The van der Waals surface area contributed by atoms with Crippen LogP contribution < -0.4 is 5.32 Å². The van der Waals surface area contributed by atoms with Crippen molar-refractivity contribution in [2.75, 3.05) is 39.8 Å². The first-order valence-electron chi connectivity index (χ1n) is 8.78. The molecule has 2 heterocycles. The van der Waals surface area contributed by atoms with Crippen LogP contribution in [-0.4, -0.2) is 61.7 Å². The van der Waals surface area contributed by atoms with Crippen molar-refractivity contribution >= 4 is 0 Å². The Morgan fingerprint density at radius 2 is 2.00 bits per heavy atom. The molecule has 0 aromatic heterocycles. The van der Waals surface area contributed by atoms with Crippen LogP contribution in [0.4, 0.5) is 0 Å². The van der Waals surface area contributed by atoms with Gasteiger partial charge < -0.3 is 10.2 Å². The van der Waals surface area contributed by atoms with Gasteiger partial charge in [0.25, 0.3) is 0 Å².